The van der Waals surface area contributed by atoms with Gasteiger partial charge in [0.05, 0.1) is 22.7 Å². The first-order valence-electron chi connectivity index (χ1n) is 5.28. The van der Waals surface area contributed by atoms with Crippen molar-refractivity contribution in [2.75, 3.05) is 0 Å². The second-order valence-corrected chi connectivity index (χ2v) is 3.68. The predicted octanol–water partition coefficient (Wildman–Crippen LogP) is 1.91. The van der Waals surface area contributed by atoms with Crippen molar-refractivity contribution < 1.29 is 0 Å². The van der Waals surface area contributed by atoms with Crippen LogP contribution in [0.5, 0.6) is 0 Å². The molecule has 0 saturated carbocycles. The molecule has 0 fully saturated rings. The Kier molecular flexibility index (Phi) is 3.01. The second kappa shape index (κ2) is 4.62. The molecule has 1 aromatic heterocycles. The van der Waals surface area contributed by atoms with Gasteiger partial charge in [0.15, 0.2) is 0 Å². The van der Waals surface area contributed by atoms with Crippen molar-refractivity contribution in [3.05, 3.63) is 52.5 Å². The van der Waals surface area contributed by atoms with E-state index in [0.29, 0.717) is 28.7 Å². The number of allylic oxidation sites excluding steroid dienone is 1. The Balaban J connectivity index is 2.55. The van der Waals surface area contributed by atoms with Crippen LogP contribution in [0.25, 0.3) is 11.0 Å². The summed E-state index contributed by atoms with van der Waals surface area (Å²) in [6, 6.07) is 7.07. The van der Waals surface area contributed by atoms with E-state index in [2.05, 4.69) is 16.5 Å². The summed E-state index contributed by atoms with van der Waals surface area (Å²) in [5.41, 5.74) is 2.10. The summed E-state index contributed by atoms with van der Waals surface area (Å²) in [7, 11) is 0. The van der Waals surface area contributed by atoms with Crippen LogP contribution in [0.1, 0.15) is 17.7 Å². The van der Waals surface area contributed by atoms with Gasteiger partial charge in [-0.3, -0.25) is 4.79 Å². The minimum atomic E-state index is -0.200. The molecule has 0 radical (unpaired) electrons. The van der Waals surface area contributed by atoms with Crippen molar-refractivity contribution in [2.45, 2.75) is 12.8 Å². The lowest BCUT2D eigenvalue weighted by Gasteiger charge is -2.01. The van der Waals surface area contributed by atoms with Gasteiger partial charge in [0.1, 0.15) is 5.69 Å². The molecule has 0 amide bonds. The molecule has 4 nitrogen and oxygen atoms in total. The number of nitriles is 1. The number of fused-ring (bicyclic) bond motifs is 1. The van der Waals surface area contributed by atoms with Crippen molar-refractivity contribution in [2.24, 2.45) is 0 Å². The maximum Gasteiger partial charge on any atom is 0.270 e. The number of rotatable bonds is 3. The van der Waals surface area contributed by atoms with Crippen molar-refractivity contribution in [1.29, 1.82) is 5.26 Å². The molecule has 17 heavy (non-hydrogen) atoms. The topological polar surface area (TPSA) is 69.5 Å². The molecule has 0 atom stereocenters. The molecule has 0 aliphatic heterocycles. The monoisotopic (exact) mass is 225 g/mol. The number of aryl methyl sites for hydroxylation is 1. The highest BCUT2D eigenvalue weighted by Crippen LogP contribution is 2.10. The molecule has 1 N–H and O–H groups in total. The Bertz CT molecular complexity index is 664. The predicted molar refractivity (Wildman–Crippen MR) is 65.6 cm³/mol. The van der Waals surface area contributed by atoms with Gasteiger partial charge < -0.3 is 4.98 Å². The van der Waals surface area contributed by atoms with E-state index in [-0.39, 0.29) is 5.56 Å². The summed E-state index contributed by atoms with van der Waals surface area (Å²) in [5, 5.41) is 8.76. The van der Waals surface area contributed by atoms with Crippen molar-refractivity contribution in [3.8, 4) is 6.07 Å². The quantitative estimate of drug-likeness (QED) is 0.811. The molecule has 0 bridgehead atoms. The minimum Gasteiger partial charge on any atom is -0.319 e. The smallest absolute Gasteiger partial charge is 0.270 e. The number of aromatic nitrogens is 2. The van der Waals surface area contributed by atoms with Crippen LogP contribution in [-0.2, 0) is 6.42 Å². The van der Waals surface area contributed by atoms with Gasteiger partial charge in [-0.15, -0.1) is 6.58 Å². The highest BCUT2D eigenvalue weighted by Gasteiger charge is 2.04. The summed E-state index contributed by atoms with van der Waals surface area (Å²) in [6.45, 7) is 3.61. The third kappa shape index (κ3) is 2.23. The first kappa shape index (κ1) is 11.1. The third-order valence-corrected chi connectivity index (χ3v) is 2.48. The van der Waals surface area contributed by atoms with Crippen LogP contribution in [0.3, 0.4) is 0 Å². The Labute approximate surface area is 98.2 Å². The highest BCUT2D eigenvalue weighted by atomic mass is 16.1. The summed E-state index contributed by atoms with van der Waals surface area (Å²) in [4.78, 5) is 18.7. The molecule has 4 heteroatoms. The lowest BCUT2D eigenvalue weighted by Crippen LogP contribution is -2.15. The van der Waals surface area contributed by atoms with Gasteiger partial charge in [-0.05, 0) is 31.0 Å². The number of aromatic amines is 1. The highest BCUT2D eigenvalue weighted by molar-refractivity contribution is 5.75. The van der Waals surface area contributed by atoms with Crippen LogP contribution in [0, 0.1) is 11.3 Å². The molecule has 0 aliphatic carbocycles. The fraction of sp³-hybridized carbons (Fsp3) is 0.154. The summed E-state index contributed by atoms with van der Waals surface area (Å²) < 4.78 is 0. The van der Waals surface area contributed by atoms with Crippen LogP contribution in [0.4, 0.5) is 0 Å². The van der Waals surface area contributed by atoms with Gasteiger partial charge in [-0.25, -0.2) is 4.98 Å². The van der Waals surface area contributed by atoms with E-state index in [0.717, 1.165) is 6.42 Å². The number of nitrogens with one attached hydrogen (secondary N) is 1. The summed E-state index contributed by atoms with van der Waals surface area (Å²) in [6.07, 6.45) is 3.05. The Morgan fingerprint density at radius 3 is 3.06 bits per heavy atom. The largest absolute Gasteiger partial charge is 0.319 e. The van der Waals surface area contributed by atoms with Gasteiger partial charge in [0.25, 0.3) is 5.56 Å². The third-order valence-electron chi connectivity index (χ3n) is 2.48. The fourth-order valence-corrected chi connectivity index (χ4v) is 1.60. The average molecular weight is 225 g/mol. The van der Waals surface area contributed by atoms with Gasteiger partial charge in [0, 0.05) is 0 Å². The number of nitrogens with zero attached hydrogens (tertiary/aromatic N) is 2. The number of H-pyrrole nitrogens is 1. The Hall–Kier alpha value is -2.41. The molecule has 0 aliphatic rings. The van der Waals surface area contributed by atoms with E-state index in [1.807, 2.05) is 6.07 Å². The van der Waals surface area contributed by atoms with E-state index in [4.69, 9.17) is 5.26 Å². The molecule has 1 heterocycles. The van der Waals surface area contributed by atoms with Crippen LogP contribution < -0.4 is 5.56 Å². The second-order valence-electron chi connectivity index (χ2n) is 3.68. The molecule has 2 aromatic rings. The number of benzene rings is 1. The Morgan fingerprint density at radius 2 is 2.35 bits per heavy atom. The average Bonchev–Trinajstić information content (AvgIpc) is 2.35. The number of hydrogen-bond acceptors (Lipinski definition) is 3. The van der Waals surface area contributed by atoms with Crippen LogP contribution in [0.2, 0.25) is 0 Å². The normalized spacial score (nSPS) is 10.1. The van der Waals surface area contributed by atoms with Gasteiger partial charge >= 0.3 is 0 Å². The maximum atomic E-state index is 11.7. The lowest BCUT2D eigenvalue weighted by molar-refractivity contribution is 0.922. The van der Waals surface area contributed by atoms with Gasteiger partial charge in [-0.2, -0.15) is 5.26 Å². The fourth-order valence-electron chi connectivity index (χ4n) is 1.60. The molecule has 0 unspecified atom stereocenters. The van der Waals surface area contributed by atoms with Gasteiger partial charge in [0.2, 0.25) is 0 Å². The molecule has 1 aromatic carbocycles. The zero-order valence-corrected chi connectivity index (χ0v) is 9.23. The standard InChI is InChI=1S/C13H11N3O/c1-2-3-4-11-13(17)16-12-7-9(8-14)5-6-10(12)15-11/h2,5-7H,1,3-4H2,(H,16,17). The lowest BCUT2D eigenvalue weighted by atomic mass is 10.2. The first-order valence-corrected chi connectivity index (χ1v) is 5.28. The molecule has 2 rings (SSSR count). The molecule has 84 valence electrons. The zero-order valence-electron chi connectivity index (χ0n) is 9.23. The molecule has 0 saturated heterocycles. The maximum absolute atomic E-state index is 11.7. The van der Waals surface area contributed by atoms with Crippen LogP contribution in [-0.4, -0.2) is 9.97 Å². The minimum absolute atomic E-state index is 0.200. The first-order chi connectivity index (χ1) is 8.24. The van der Waals surface area contributed by atoms with E-state index in [9.17, 15) is 4.79 Å². The molecular weight excluding hydrogens is 214 g/mol. The van der Waals surface area contributed by atoms with Crippen molar-refractivity contribution in [1.82, 2.24) is 9.97 Å². The SMILES string of the molecule is C=CCCc1nc2ccc(C#N)cc2[nH]c1=O. The van der Waals surface area contributed by atoms with Crippen LogP contribution >= 0.6 is 0 Å². The number of hydrogen-bond donors (Lipinski definition) is 1. The van der Waals surface area contributed by atoms with E-state index in [1.165, 1.54) is 0 Å². The summed E-state index contributed by atoms with van der Waals surface area (Å²) in [5.74, 6) is 0. The van der Waals surface area contributed by atoms with Crippen molar-refractivity contribution in [3.63, 3.8) is 0 Å². The van der Waals surface area contributed by atoms with Crippen molar-refractivity contribution >= 4 is 11.0 Å². The Morgan fingerprint density at radius 1 is 1.53 bits per heavy atom. The van der Waals surface area contributed by atoms with Gasteiger partial charge in [-0.1, -0.05) is 6.08 Å². The molecule has 0 spiro atoms. The van der Waals surface area contributed by atoms with Crippen LogP contribution in [0.15, 0.2) is 35.6 Å². The van der Waals surface area contributed by atoms with E-state index >= 15 is 0 Å². The zero-order chi connectivity index (χ0) is 12.3. The molecular formula is C13H11N3O. The van der Waals surface area contributed by atoms with E-state index < -0.39 is 0 Å². The summed E-state index contributed by atoms with van der Waals surface area (Å²) >= 11 is 0. The van der Waals surface area contributed by atoms with E-state index in [1.54, 1.807) is 24.3 Å².